The average Bonchev–Trinajstić information content (AvgIpc) is 3.39. The first-order chi connectivity index (χ1) is 19.0. The molecule has 0 radical (unpaired) electrons. The van der Waals surface area contributed by atoms with Gasteiger partial charge in [-0.25, -0.2) is 8.78 Å². The Morgan fingerprint density at radius 2 is 1.90 bits per heavy atom. The van der Waals surface area contributed by atoms with E-state index in [0.29, 0.717) is 31.7 Å². The predicted molar refractivity (Wildman–Crippen MR) is 151 cm³/mol. The van der Waals surface area contributed by atoms with Gasteiger partial charge in [-0.15, -0.1) is 0 Å². The number of fused-ring (bicyclic) bond motifs is 2. The van der Waals surface area contributed by atoms with Crippen molar-refractivity contribution in [3.05, 3.63) is 64.2 Å². The summed E-state index contributed by atoms with van der Waals surface area (Å²) in [5.74, 6) is -3.02. The Bertz CT molecular complexity index is 1280. The predicted octanol–water partition coefficient (Wildman–Crippen LogP) is 4.21. The lowest BCUT2D eigenvalue weighted by atomic mass is 9.62. The highest BCUT2D eigenvalue weighted by Gasteiger charge is 2.66. The van der Waals surface area contributed by atoms with Crippen LogP contribution in [0.5, 0.6) is 0 Å². The molecule has 2 amide bonds. The molecule has 4 atom stereocenters. The van der Waals surface area contributed by atoms with Gasteiger partial charge in [-0.2, -0.15) is 0 Å². The number of ether oxygens (including phenoxy) is 1. The van der Waals surface area contributed by atoms with E-state index in [1.807, 2.05) is 20.8 Å². The number of para-hydroxylation sites is 1. The van der Waals surface area contributed by atoms with Crippen LogP contribution < -0.4 is 16.0 Å². The molecule has 2 aromatic carbocycles. The van der Waals surface area contributed by atoms with Gasteiger partial charge in [0.1, 0.15) is 17.0 Å². The molecule has 3 aliphatic rings. The van der Waals surface area contributed by atoms with Crippen LogP contribution in [-0.2, 0) is 19.7 Å². The number of hydrogen-bond acceptors (Lipinski definition) is 5. The standard InChI is InChI=1S/C30H37ClF2N4O3/c1-29(2,3)17-22-30(19-8-5-10-21(32)25(19)36-28(30)39)23(18-7-4-9-20(31)24(18)33)26(35-22)27(38)34-11-6-12-37-13-15-40-16-14-37/h4-5,7-10,22-23,26,35H,6,11-17H2,1-3H3,(H,34,38)(H,36,39). The van der Waals surface area contributed by atoms with Gasteiger partial charge in [0.15, 0.2) is 0 Å². The number of anilines is 1. The van der Waals surface area contributed by atoms with Gasteiger partial charge >= 0.3 is 0 Å². The molecule has 40 heavy (non-hydrogen) atoms. The molecule has 216 valence electrons. The van der Waals surface area contributed by atoms with Crippen LogP contribution >= 0.6 is 11.6 Å². The molecule has 0 aromatic heterocycles. The van der Waals surface area contributed by atoms with E-state index in [9.17, 15) is 9.59 Å². The Morgan fingerprint density at radius 3 is 2.62 bits per heavy atom. The van der Waals surface area contributed by atoms with E-state index >= 15 is 8.78 Å². The van der Waals surface area contributed by atoms with Gasteiger partial charge in [-0.3, -0.25) is 14.5 Å². The Balaban J connectivity index is 1.54. The zero-order chi connectivity index (χ0) is 28.7. The molecule has 3 aliphatic heterocycles. The molecule has 0 bridgehead atoms. The van der Waals surface area contributed by atoms with E-state index in [1.54, 1.807) is 24.3 Å². The third-order valence-electron chi connectivity index (χ3n) is 8.30. The van der Waals surface area contributed by atoms with Crippen molar-refractivity contribution in [3.8, 4) is 0 Å². The van der Waals surface area contributed by atoms with Crippen molar-refractivity contribution < 1.29 is 23.1 Å². The minimum atomic E-state index is -1.44. The van der Waals surface area contributed by atoms with E-state index in [-0.39, 0.29) is 27.6 Å². The lowest BCUT2D eigenvalue weighted by molar-refractivity contribution is -0.123. The molecule has 10 heteroatoms. The highest BCUT2D eigenvalue weighted by molar-refractivity contribution is 6.30. The summed E-state index contributed by atoms with van der Waals surface area (Å²) in [6, 6.07) is 7.62. The Hall–Kier alpha value is -2.59. The fourth-order valence-electron chi connectivity index (χ4n) is 6.61. The second-order valence-electron chi connectivity index (χ2n) is 12.2. The van der Waals surface area contributed by atoms with E-state index in [1.165, 1.54) is 12.1 Å². The molecular weight excluding hydrogens is 538 g/mol. The topological polar surface area (TPSA) is 82.7 Å². The molecule has 4 unspecified atom stereocenters. The quantitative estimate of drug-likeness (QED) is 0.432. The molecule has 2 aromatic rings. The van der Waals surface area contributed by atoms with Crippen molar-refractivity contribution in [2.24, 2.45) is 5.41 Å². The summed E-state index contributed by atoms with van der Waals surface area (Å²) in [4.78, 5) is 30.2. The summed E-state index contributed by atoms with van der Waals surface area (Å²) in [6.45, 7) is 10.5. The molecule has 7 nitrogen and oxygen atoms in total. The highest BCUT2D eigenvalue weighted by atomic mass is 35.5. The van der Waals surface area contributed by atoms with E-state index in [0.717, 1.165) is 26.1 Å². The zero-order valence-electron chi connectivity index (χ0n) is 23.2. The number of amides is 2. The maximum atomic E-state index is 15.8. The fourth-order valence-corrected chi connectivity index (χ4v) is 6.79. The minimum Gasteiger partial charge on any atom is -0.379 e. The number of nitrogens with one attached hydrogen (secondary N) is 3. The summed E-state index contributed by atoms with van der Waals surface area (Å²) in [6.07, 6.45) is 1.22. The molecular formula is C30H37ClF2N4O3. The number of nitrogens with zero attached hydrogens (tertiary/aromatic N) is 1. The van der Waals surface area contributed by atoms with E-state index in [2.05, 4.69) is 20.9 Å². The average molecular weight is 575 g/mol. The normalized spacial score (nSPS) is 26.6. The summed E-state index contributed by atoms with van der Waals surface area (Å²) in [7, 11) is 0. The van der Waals surface area contributed by atoms with Crippen LogP contribution in [0.4, 0.5) is 14.5 Å². The number of carbonyl (C=O) groups excluding carboxylic acids is 2. The van der Waals surface area contributed by atoms with Crippen molar-refractivity contribution in [2.75, 3.05) is 44.7 Å². The van der Waals surface area contributed by atoms with Crippen LogP contribution in [0.2, 0.25) is 5.02 Å². The van der Waals surface area contributed by atoms with Gasteiger partial charge in [-0.05, 0) is 48.1 Å². The molecule has 5 rings (SSSR count). The van der Waals surface area contributed by atoms with Gasteiger partial charge in [-0.1, -0.05) is 56.6 Å². The van der Waals surface area contributed by atoms with Crippen LogP contribution in [0, 0.1) is 17.0 Å². The van der Waals surface area contributed by atoms with E-state index < -0.39 is 41.0 Å². The molecule has 1 spiro atoms. The fraction of sp³-hybridized carbons (Fsp3) is 0.533. The van der Waals surface area contributed by atoms with Crippen molar-refractivity contribution >= 4 is 29.1 Å². The number of hydrogen-bond donors (Lipinski definition) is 3. The van der Waals surface area contributed by atoms with Crippen LogP contribution in [0.15, 0.2) is 36.4 Å². The molecule has 2 saturated heterocycles. The summed E-state index contributed by atoms with van der Waals surface area (Å²) < 4.78 is 36.2. The monoisotopic (exact) mass is 574 g/mol. The zero-order valence-corrected chi connectivity index (χ0v) is 23.9. The number of morpholine rings is 1. The smallest absolute Gasteiger partial charge is 0.237 e. The van der Waals surface area contributed by atoms with Crippen LogP contribution in [-0.4, -0.2) is 68.2 Å². The summed E-state index contributed by atoms with van der Waals surface area (Å²) in [5.41, 5.74) is -1.05. The maximum Gasteiger partial charge on any atom is 0.237 e. The Kier molecular flexibility index (Phi) is 8.21. The number of benzene rings is 2. The molecule has 0 aliphatic carbocycles. The number of rotatable bonds is 7. The SMILES string of the molecule is CC(C)(C)CC1NC(C(=O)NCCCN2CCOCC2)C(c2cccc(Cl)c2F)C12C(=O)Nc1c(F)cccc12. The van der Waals surface area contributed by atoms with Crippen LogP contribution in [0.25, 0.3) is 0 Å². The van der Waals surface area contributed by atoms with Crippen molar-refractivity contribution in [1.29, 1.82) is 0 Å². The first-order valence-corrected chi connectivity index (χ1v) is 14.3. The molecule has 3 heterocycles. The maximum absolute atomic E-state index is 15.8. The van der Waals surface area contributed by atoms with Gasteiger partial charge in [0.25, 0.3) is 0 Å². The van der Waals surface area contributed by atoms with Crippen LogP contribution in [0.1, 0.15) is 50.7 Å². The molecule has 0 saturated carbocycles. The largest absolute Gasteiger partial charge is 0.379 e. The van der Waals surface area contributed by atoms with Crippen molar-refractivity contribution in [1.82, 2.24) is 15.5 Å². The van der Waals surface area contributed by atoms with Gasteiger partial charge < -0.3 is 20.7 Å². The third kappa shape index (κ3) is 5.24. The Morgan fingerprint density at radius 1 is 1.18 bits per heavy atom. The van der Waals surface area contributed by atoms with Crippen molar-refractivity contribution in [3.63, 3.8) is 0 Å². The van der Waals surface area contributed by atoms with Crippen LogP contribution in [0.3, 0.4) is 0 Å². The van der Waals surface area contributed by atoms with E-state index in [4.69, 9.17) is 16.3 Å². The highest BCUT2D eigenvalue weighted by Crippen LogP contribution is 2.57. The summed E-state index contributed by atoms with van der Waals surface area (Å²) >= 11 is 6.23. The lowest BCUT2D eigenvalue weighted by Crippen LogP contribution is -2.49. The summed E-state index contributed by atoms with van der Waals surface area (Å²) in [5, 5.41) is 9.08. The lowest BCUT2D eigenvalue weighted by Gasteiger charge is -2.37. The molecule has 3 N–H and O–H groups in total. The van der Waals surface area contributed by atoms with Crippen molar-refractivity contribution in [2.45, 2.75) is 57.0 Å². The second-order valence-corrected chi connectivity index (χ2v) is 12.6. The number of carbonyl (C=O) groups is 2. The van der Waals surface area contributed by atoms with Gasteiger partial charge in [0.05, 0.1) is 30.0 Å². The number of halogens is 3. The third-order valence-corrected chi connectivity index (χ3v) is 8.59. The minimum absolute atomic E-state index is 0.0761. The van der Waals surface area contributed by atoms with Gasteiger partial charge in [0, 0.05) is 31.6 Å². The first-order valence-electron chi connectivity index (χ1n) is 13.9. The second kappa shape index (κ2) is 11.4. The first kappa shape index (κ1) is 28.9. The Labute approximate surface area is 239 Å². The molecule has 2 fully saturated rings. The van der Waals surface area contributed by atoms with Gasteiger partial charge in [0.2, 0.25) is 11.8 Å².